The standard InChI is InChI=1S/C24H23F2N3O2/c1-15(22-13-16-6-3-4-8-21(16)28-22)27-23(31-2)18-7-5-11-29(14-18)24(30)17-9-10-19(25)20(26)12-17/h3-4,6,8-10,12-13,18,28H,1,5,7,11,14H2,2H3/t18-/m0/s1. The number of carbonyl (C=O) groups is 1. The molecular weight excluding hydrogens is 400 g/mol. The monoisotopic (exact) mass is 423 g/mol. The van der Waals surface area contributed by atoms with E-state index in [1.807, 2.05) is 30.3 Å². The summed E-state index contributed by atoms with van der Waals surface area (Å²) in [4.78, 5) is 22.3. The molecule has 2 aromatic carbocycles. The lowest BCUT2D eigenvalue weighted by atomic mass is 9.97. The van der Waals surface area contributed by atoms with Gasteiger partial charge in [0, 0.05) is 29.6 Å². The fourth-order valence-corrected chi connectivity index (χ4v) is 3.90. The molecule has 2 heterocycles. The van der Waals surface area contributed by atoms with Crippen LogP contribution in [0.4, 0.5) is 8.78 Å². The molecule has 5 nitrogen and oxygen atoms in total. The third kappa shape index (κ3) is 4.35. The highest BCUT2D eigenvalue weighted by molar-refractivity contribution is 5.95. The molecule has 160 valence electrons. The van der Waals surface area contributed by atoms with Crippen LogP contribution in [0, 0.1) is 17.6 Å². The molecule has 1 amide bonds. The number of piperidine rings is 1. The molecule has 1 aliphatic rings. The molecule has 3 aromatic rings. The van der Waals surface area contributed by atoms with Gasteiger partial charge >= 0.3 is 0 Å². The second-order valence-corrected chi connectivity index (χ2v) is 7.59. The van der Waals surface area contributed by atoms with Crippen LogP contribution >= 0.6 is 0 Å². The van der Waals surface area contributed by atoms with Gasteiger partial charge in [0.05, 0.1) is 24.4 Å². The van der Waals surface area contributed by atoms with Crippen molar-refractivity contribution in [2.24, 2.45) is 10.9 Å². The number of hydrogen-bond donors (Lipinski definition) is 1. The molecule has 4 rings (SSSR count). The van der Waals surface area contributed by atoms with Crippen LogP contribution in [0.3, 0.4) is 0 Å². The maximum absolute atomic E-state index is 13.6. The van der Waals surface area contributed by atoms with E-state index in [0.29, 0.717) is 24.7 Å². The van der Waals surface area contributed by atoms with Crippen molar-refractivity contribution in [3.63, 3.8) is 0 Å². The Kier molecular flexibility index (Phi) is 5.84. The summed E-state index contributed by atoms with van der Waals surface area (Å²) in [6, 6.07) is 13.1. The number of methoxy groups -OCH3 is 1. The second-order valence-electron chi connectivity index (χ2n) is 7.59. The number of halogens is 2. The number of H-pyrrole nitrogens is 1. The van der Waals surface area contributed by atoms with Crippen LogP contribution in [0.15, 0.2) is 60.1 Å². The quantitative estimate of drug-likeness (QED) is 0.474. The third-order valence-electron chi connectivity index (χ3n) is 5.52. The summed E-state index contributed by atoms with van der Waals surface area (Å²) in [6.07, 6.45) is 1.55. The van der Waals surface area contributed by atoms with E-state index >= 15 is 0 Å². The Morgan fingerprint density at radius 2 is 2.00 bits per heavy atom. The zero-order valence-electron chi connectivity index (χ0n) is 17.2. The van der Waals surface area contributed by atoms with Crippen LogP contribution in [0.5, 0.6) is 0 Å². The number of amides is 1. The van der Waals surface area contributed by atoms with Crippen LogP contribution in [0.2, 0.25) is 0 Å². The van der Waals surface area contributed by atoms with Gasteiger partial charge in [0.1, 0.15) is 0 Å². The molecule has 1 aliphatic heterocycles. The molecular formula is C24H23F2N3O2. The van der Waals surface area contributed by atoms with Gasteiger partial charge in [0.15, 0.2) is 17.5 Å². The van der Waals surface area contributed by atoms with E-state index in [2.05, 4.69) is 16.6 Å². The van der Waals surface area contributed by atoms with Gasteiger partial charge in [-0.2, -0.15) is 0 Å². The Balaban J connectivity index is 1.51. The maximum Gasteiger partial charge on any atom is 0.253 e. The lowest BCUT2D eigenvalue weighted by molar-refractivity contribution is 0.0694. The van der Waals surface area contributed by atoms with Gasteiger partial charge in [-0.3, -0.25) is 4.79 Å². The predicted octanol–water partition coefficient (Wildman–Crippen LogP) is 5.01. The van der Waals surface area contributed by atoms with Crippen molar-refractivity contribution in [1.29, 1.82) is 0 Å². The number of para-hydroxylation sites is 1. The molecule has 1 aromatic heterocycles. The summed E-state index contributed by atoms with van der Waals surface area (Å²) in [7, 11) is 1.55. The normalized spacial score (nSPS) is 17.1. The summed E-state index contributed by atoms with van der Waals surface area (Å²) >= 11 is 0. The molecule has 0 saturated carbocycles. The van der Waals surface area contributed by atoms with E-state index in [0.717, 1.165) is 41.6 Å². The van der Waals surface area contributed by atoms with Crippen LogP contribution in [-0.2, 0) is 4.74 Å². The number of aliphatic imine (C=N–C) groups is 1. The maximum atomic E-state index is 13.6. The van der Waals surface area contributed by atoms with Gasteiger partial charge in [-0.25, -0.2) is 13.8 Å². The summed E-state index contributed by atoms with van der Waals surface area (Å²) in [5.74, 6) is -1.97. The van der Waals surface area contributed by atoms with Crippen LogP contribution < -0.4 is 0 Å². The van der Waals surface area contributed by atoms with E-state index in [-0.39, 0.29) is 17.4 Å². The lowest BCUT2D eigenvalue weighted by Gasteiger charge is -2.32. The SMILES string of the molecule is C=C(N=C(OC)[C@H]1CCCN(C(=O)c2ccc(F)c(F)c2)C1)c1cc2ccccc2[nH]1. The van der Waals surface area contributed by atoms with Gasteiger partial charge in [0.25, 0.3) is 5.91 Å². The van der Waals surface area contributed by atoms with E-state index < -0.39 is 11.6 Å². The Labute approximate surface area is 179 Å². The third-order valence-corrected chi connectivity index (χ3v) is 5.52. The first-order chi connectivity index (χ1) is 15.0. The predicted molar refractivity (Wildman–Crippen MR) is 117 cm³/mol. The first-order valence-corrected chi connectivity index (χ1v) is 10.1. The Hall–Kier alpha value is -3.48. The number of carbonyl (C=O) groups excluding carboxylic acids is 1. The van der Waals surface area contributed by atoms with Crippen LogP contribution in [0.1, 0.15) is 28.9 Å². The van der Waals surface area contributed by atoms with Crippen molar-refractivity contribution in [2.75, 3.05) is 20.2 Å². The van der Waals surface area contributed by atoms with Crippen LogP contribution in [0.25, 0.3) is 16.6 Å². The summed E-state index contributed by atoms with van der Waals surface area (Å²) < 4.78 is 32.3. The fraction of sp³-hybridized carbons (Fsp3) is 0.250. The number of benzene rings is 2. The number of hydrogen-bond acceptors (Lipinski definition) is 3. The zero-order chi connectivity index (χ0) is 22.0. The molecule has 0 bridgehead atoms. The van der Waals surface area contributed by atoms with Gasteiger partial charge < -0.3 is 14.6 Å². The largest absolute Gasteiger partial charge is 0.484 e. The summed E-state index contributed by atoms with van der Waals surface area (Å²) in [5.41, 5.74) is 2.45. The van der Waals surface area contributed by atoms with Crippen molar-refractivity contribution in [3.05, 3.63) is 78.0 Å². The topological polar surface area (TPSA) is 57.7 Å². The Morgan fingerprint density at radius 1 is 1.19 bits per heavy atom. The molecule has 0 unspecified atom stereocenters. The Morgan fingerprint density at radius 3 is 2.74 bits per heavy atom. The van der Waals surface area contributed by atoms with Crippen molar-refractivity contribution < 1.29 is 18.3 Å². The summed E-state index contributed by atoms with van der Waals surface area (Å²) in [6.45, 7) is 4.98. The van der Waals surface area contributed by atoms with Crippen molar-refractivity contribution in [2.45, 2.75) is 12.8 Å². The van der Waals surface area contributed by atoms with Crippen molar-refractivity contribution in [1.82, 2.24) is 9.88 Å². The molecule has 0 spiro atoms. The molecule has 1 N–H and O–H groups in total. The molecule has 7 heteroatoms. The number of aromatic nitrogens is 1. The van der Waals surface area contributed by atoms with Gasteiger partial charge in [-0.15, -0.1) is 0 Å². The number of ether oxygens (including phenoxy) is 1. The van der Waals surface area contributed by atoms with Gasteiger partial charge in [-0.1, -0.05) is 24.8 Å². The number of nitrogens with one attached hydrogen (secondary N) is 1. The number of rotatable bonds is 4. The van der Waals surface area contributed by atoms with E-state index in [1.54, 1.807) is 12.0 Å². The van der Waals surface area contributed by atoms with Crippen LogP contribution in [-0.4, -0.2) is 41.9 Å². The molecule has 1 fully saturated rings. The van der Waals surface area contributed by atoms with E-state index in [9.17, 15) is 13.6 Å². The number of likely N-dealkylation sites (tertiary alicyclic amines) is 1. The fourth-order valence-electron chi connectivity index (χ4n) is 3.90. The minimum atomic E-state index is -1.03. The molecule has 0 radical (unpaired) electrons. The molecule has 31 heavy (non-hydrogen) atoms. The zero-order valence-corrected chi connectivity index (χ0v) is 17.2. The summed E-state index contributed by atoms with van der Waals surface area (Å²) in [5, 5.41) is 1.06. The first kappa shape index (κ1) is 20.8. The number of nitrogens with zero attached hydrogens (tertiary/aromatic N) is 2. The smallest absolute Gasteiger partial charge is 0.253 e. The molecule has 1 saturated heterocycles. The first-order valence-electron chi connectivity index (χ1n) is 10.1. The average Bonchev–Trinajstić information content (AvgIpc) is 3.23. The highest BCUT2D eigenvalue weighted by atomic mass is 19.2. The highest BCUT2D eigenvalue weighted by Crippen LogP contribution is 2.25. The minimum absolute atomic E-state index is 0.117. The average molecular weight is 423 g/mol. The molecule has 0 aliphatic carbocycles. The van der Waals surface area contributed by atoms with Gasteiger partial charge in [-0.05, 0) is 43.2 Å². The van der Waals surface area contributed by atoms with Crippen molar-refractivity contribution in [3.8, 4) is 0 Å². The minimum Gasteiger partial charge on any atom is -0.484 e. The Bertz CT molecular complexity index is 1140. The highest BCUT2D eigenvalue weighted by Gasteiger charge is 2.29. The number of fused-ring (bicyclic) bond motifs is 1. The van der Waals surface area contributed by atoms with E-state index in [1.165, 1.54) is 6.07 Å². The van der Waals surface area contributed by atoms with E-state index in [4.69, 9.17) is 4.74 Å². The lowest BCUT2D eigenvalue weighted by Crippen LogP contribution is -2.42. The second kappa shape index (κ2) is 8.71. The number of aromatic amines is 1. The van der Waals surface area contributed by atoms with Gasteiger partial charge in [0.2, 0.25) is 0 Å². The molecule has 1 atom stereocenters. The van der Waals surface area contributed by atoms with Crippen molar-refractivity contribution >= 4 is 28.4 Å².